The summed E-state index contributed by atoms with van der Waals surface area (Å²) < 4.78 is 4.41. The maximum Gasteiger partial charge on any atom is 0.303 e. The lowest BCUT2D eigenvalue weighted by Crippen LogP contribution is -2.07. The van der Waals surface area contributed by atoms with Crippen molar-refractivity contribution in [2.45, 2.75) is 50.9 Å². The summed E-state index contributed by atoms with van der Waals surface area (Å²) in [5, 5.41) is 12.5. The van der Waals surface area contributed by atoms with Crippen LogP contribution in [0.1, 0.15) is 56.7 Å². The summed E-state index contributed by atoms with van der Waals surface area (Å²) >= 11 is 1.38. The number of nitrogens with zero attached hydrogens (tertiary/aromatic N) is 2. The monoisotopic (exact) mass is 269 g/mol. The number of rotatable bonds is 6. The van der Waals surface area contributed by atoms with Gasteiger partial charge in [-0.2, -0.15) is 4.37 Å². The number of aliphatic carboxylic acids is 1. The Labute approximate surface area is 111 Å². The standard InChI is InChI=1S/C12H19N3O2S/c16-10(17)7-4-8-13-12-14-11(15-18-12)9-5-2-1-3-6-9/h9H,1-8H2,(H,16,17)(H,13,14,15). The van der Waals surface area contributed by atoms with Gasteiger partial charge in [-0.15, -0.1) is 0 Å². The van der Waals surface area contributed by atoms with Crippen LogP contribution < -0.4 is 5.32 Å². The van der Waals surface area contributed by atoms with Gasteiger partial charge in [0.2, 0.25) is 5.13 Å². The van der Waals surface area contributed by atoms with Crippen molar-refractivity contribution in [1.82, 2.24) is 9.36 Å². The van der Waals surface area contributed by atoms with E-state index in [-0.39, 0.29) is 6.42 Å². The summed E-state index contributed by atoms with van der Waals surface area (Å²) in [6.45, 7) is 0.644. The second kappa shape index (κ2) is 6.68. The lowest BCUT2D eigenvalue weighted by Gasteiger charge is -2.18. The van der Waals surface area contributed by atoms with Gasteiger partial charge in [-0.1, -0.05) is 19.3 Å². The molecular formula is C12H19N3O2S. The molecule has 18 heavy (non-hydrogen) atoms. The lowest BCUT2D eigenvalue weighted by atomic mass is 9.89. The molecular weight excluding hydrogens is 250 g/mol. The van der Waals surface area contributed by atoms with E-state index in [0.717, 1.165) is 11.0 Å². The van der Waals surface area contributed by atoms with E-state index in [1.807, 2.05) is 0 Å². The van der Waals surface area contributed by atoms with Crippen LogP contribution >= 0.6 is 11.5 Å². The molecule has 0 radical (unpaired) electrons. The Kier molecular flexibility index (Phi) is 4.92. The van der Waals surface area contributed by atoms with Gasteiger partial charge in [0.15, 0.2) is 0 Å². The molecule has 2 rings (SSSR count). The average Bonchev–Trinajstić information content (AvgIpc) is 2.84. The van der Waals surface area contributed by atoms with Gasteiger partial charge in [-0.05, 0) is 19.3 Å². The van der Waals surface area contributed by atoms with Crippen molar-refractivity contribution < 1.29 is 9.90 Å². The van der Waals surface area contributed by atoms with Crippen molar-refractivity contribution in [3.05, 3.63) is 5.82 Å². The fraction of sp³-hybridized carbons (Fsp3) is 0.750. The Morgan fingerprint density at radius 2 is 2.17 bits per heavy atom. The minimum atomic E-state index is -0.753. The Bertz CT molecular complexity index is 388. The average molecular weight is 269 g/mol. The second-order valence-corrected chi connectivity index (χ2v) is 5.47. The van der Waals surface area contributed by atoms with Crippen molar-refractivity contribution in [3.63, 3.8) is 0 Å². The van der Waals surface area contributed by atoms with Crippen molar-refractivity contribution in [2.75, 3.05) is 11.9 Å². The van der Waals surface area contributed by atoms with Crippen LogP contribution in [-0.2, 0) is 4.79 Å². The molecule has 0 aliphatic heterocycles. The fourth-order valence-electron chi connectivity index (χ4n) is 2.27. The van der Waals surface area contributed by atoms with Crippen LogP contribution in [0.3, 0.4) is 0 Å². The van der Waals surface area contributed by atoms with Gasteiger partial charge >= 0.3 is 5.97 Å². The minimum Gasteiger partial charge on any atom is -0.481 e. The third-order valence-corrected chi connectivity index (χ3v) is 3.94. The van der Waals surface area contributed by atoms with E-state index in [2.05, 4.69) is 14.7 Å². The molecule has 1 aliphatic rings. The SMILES string of the molecule is O=C(O)CCCNc1nc(C2CCCCC2)ns1. The highest BCUT2D eigenvalue weighted by Crippen LogP contribution is 2.32. The third-order valence-electron chi connectivity index (χ3n) is 3.26. The van der Waals surface area contributed by atoms with Crippen LogP contribution in [0.5, 0.6) is 0 Å². The molecule has 1 aromatic rings. The predicted octanol–water partition coefficient (Wildman–Crippen LogP) is 2.86. The highest BCUT2D eigenvalue weighted by molar-refractivity contribution is 7.09. The summed E-state index contributed by atoms with van der Waals surface area (Å²) in [7, 11) is 0. The normalized spacial score (nSPS) is 16.7. The van der Waals surface area contributed by atoms with Crippen LogP contribution in [0.2, 0.25) is 0 Å². The van der Waals surface area contributed by atoms with E-state index < -0.39 is 5.97 Å². The van der Waals surface area contributed by atoms with E-state index in [1.165, 1.54) is 43.6 Å². The molecule has 1 aromatic heterocycles. The predicted molar refractivity (Wildman–Crippen MR) is 71.1 cm³/mol. The van der Waals surface area contributed by atoms with Gasteiger partial charge in [0.25, 0.3) is 0 Å². The number of anilines is 1. The molecule has 2 N–H and O–H groups in total. The molecule has 0 amide bonds. The fourth-order valence-corrected chi connectivity index (χ4v) is 2.94. The molecule has 0 unspecified atom stereocenters. The number of hydrogen-bond donors (Lipinski definition) is 2. The van der Waals surface area contributed by atoms with Crippen molar-refractivity contribution in [2.24, 2.45) is 0 Å². The molecule has 6 heteroatoms. The van der Waals surface area contributed by atoms with Gasteiger partial charge in [0, 0.05) is 30.4 Å². The van der Waals surface area contributed by atoms with E-state index in [4.69, 9.17) is 5.11 Å². The smallest absolute Gasteiger partial charge is 0.303 e. The molecule has 100 valence electrons. The topological polar surface area (TPSA) is 75.1 Å². The lowest BCUT2D eigenvalue weighted by molar-refractivity contribution is -0.137. The first-order valence-electron chi connectivity index (χ1n) is 6.55. The van der Waals surface area contributed by atoms with Crippen molar-refractivity contribution in [3.8, 4) is 0 Å². The van der Waals surface area contributed by atoms with Gasteiger partial charge in [0.05, 0.1) is 0 Å². The summed E-state index contributed by atoms with van der Waals surface area (Å²) in [6, 6.07) is 0. The van der Waals surface area contributed by atoms with Crippen LogP contribution in [0.25, 0.3) is 0 Å². The van der Waals surface area contributed by atoms with Gasteiger partial charge < -0.3 is 10.4 Å². The maximum absolute atomic E-state index is 10.4. The Hall–Kier alpha value is -1.17. The number of carboxylic acid groups (broad SMARTS) is 1. The number of nitrogens with one attached hydrogen (secondary N) is 1. The van der Waals surface area contributed by atoms with E-state index in [0.29, 0.717) is 18.9 Å². The summed E-state index contributed by atoms with van der Waals surface area (Å²) in [4.78, 5) is 14.9. The molecule has 1 heterocycles. The number of carboxylic acids is 1. The van der Waals surface area contributed by atoms with Crippen molar-refractivity contribution >= 4 is 22.6 Å². The van der Waals surface area contributed by atoms with Gasteiger partial charge in [-0.3, -0.25) is 4.79 Å². The largest absolute Gasteiger partial charge is 0.481 e. The second-order valence-electron chi connectivity index (χ2n) is 4.72. The number of carbonyl (C=O) groups is 1. The minimum absolute atomic E-state index is 0.196. The first-order valence-corrected chi connectivity index (χ1v) is 7.32. The maximum atomic E-state index is 10.4. The first-order chi connectivity index (χ1) is 8.75. The van der Waals surface area contributed by atoms with Crippen LogP contribution in [0.15, 0.2) is 0 Å². The molecule has 1 saturated carbocycles. The molecule has 0 bridgehead atoms. The molecule has 1 fully saturated rings. The molecule has 0 spiro atoms. The van der Waals surface area contributed by atoms with Crippen LogP contribution in [-0.4, -0.2) is 27.0 Å². The van der Waals surface area contributed by atoms with Gasteiger partial charge in [-0.25, -0.2) is 4.98 Å². The third kappa shape index (κ3) is 3.94. The molecule has 0 atom stereocenters. The highest BCUT2D eigenvalue weighted by atomic mass is 32.1. The zero-order valence-electron chi connectivity index (χ0n) is 10.4. The zero-order valence-corrected chi connectivity index (χ0v) is 11.2. The highest BCUT2D eigenvalue weighted by Gasteiger charge is 2.19. The van der Waals surface area contributed by atoms with Crippen LogP contribution in [0.4, 0.5) is 5.13 Å². The summed E-state index contributed by atoms with van der Waals surface area (Å²) in [5.74, 6) is 0.752. The summed E-state index contributed by atoms with van der Waals surface area (Å²) in [6.07, 6.45) is 7.12. The van der Waals surface area contributed by atoms with E-state index in [1.54, 1.807) is 0 Å². The van der Waals surface area contributed by atoms with E-state index in [9.17, 15) is 4.79 Å². The first kappa shape index (κ1) is 13.3. The quantitative estimate of drug-likeness (QED) is 0.777. The molecule has 0 saturated heterocycles. The molecule has 0 aromatic carbocycles. The number of hydrogen-bond acceptors (Lipinski definition) is 5. The zero-order chi connectivity index (χ0) is 12.8. The van der Waals surface area contributed by atoms with Crippen molar-refractivity contribution in [1.29, 1.82) is 0 Å². The Morgan fingerprint density at radius 3 is 2.89 bits per heavy atom. The molecule has 5 nitrogen and oxygen atoms in total. The summed E-state index contributed by atoms with van der Waals surface area (Å²) in [5.41, 5.74) is 0. The van der Waals surface area contributed by atoms with E-state index >= 15 is 0 Å². The van der Waals surface area contributed by atoms with Crippen LogP contribution in [0, 0.1) is 0 Å². The molecule has 1 aliphatic carbocycles. The van der Waals surface area contributed by atoms with Gasteiger partial charge in [0.1, 0.15) is 5.82 Å². The Balaban J connectivity index is 1.76. The Morgan fingerprint density at radius 1 is 1.39 bits per heavy atom. The number of aromatic nitrogens is 2.